The van der Waals surface area contributed by atoms with E-state index in [1.807, 2.05) is 29.2 Å². The molecule has 0 radical (unpaired) electrons. The van der Waals surface area contributed by atoms with Crippen molar-refractivity contribution < 1.29 is 14.0 Å². The molecule has 0 unspecified atom stereocenters. The van der Waals surface area contributed by atoms with E-state index in [1.54, 1.807) is 6.92 Å². The molecule has 0 aliphatic carbocycles. The first kappa shape index (κ1) is 19.8. The van der Waals surface area contributed by atoms with E-state index in [2.05, 4.69) is 15.5 Å². The summed E-state index contributed by atoms with van der Waals surface area (Å²) in [5.41, 5.74) is 1.88. The Morgan fingerprint density at radius 3 is 2.43 bits per heavy atom. The standard InChI is InChI=1S/C20H21FN4O2S/c1-14(26)24-9-11-25(12-10-24)18-8-3-2-7-17(18)22-20(28)23-19(27)15-5-4-6-16(21)13-15/h2-8,13H,9-12H2,1H3,(H2,22,23,27,28). The van der Waals surface area contributed by atoms with Crippen molar-refractivity contribution >= 4 is 40.5 Å². The van der Waals surface area contributed by atoms with Crippen molar-refractivity contribution in [2.75, 3.05) is 36.4 Å². The number of anilines is 2. The zero-order chi connectivity index (χ0) is 20.1. The van der Waals surface area contributed by atoms with Gasteiger partial charge in [0.2, 0.25) is 5.91 Å². The fourth-order valence-electron chi connectivity index (χ4n) is 3.08. The van der Waals surface area contributed by atoms with Gasteiger partial charge in [-0.25, -0.2) is 4.39 Å². The largest absolute Gasteiger partial charge is 0.366 e. The third kappa shape index (κ3) is 4.83. The molecule has 1 aliphatic heterocycles. The Morgan fingerprint density at radius 2 is 1.75 bits per heavy atom. The minimum atomic E-state index is -0.485. The predicted octanol–water partition coefficient (Wildman–Crippen LogP) is 2.62. The fourth-order valence-corrected chi connectivity index (χ4v) is 3.28. The third-order valence-electron chi connectivity index (χ3n) is 4.53. The average Bonchev–Trinajstić information content (AvgIpc) is 2.68. The molecule has 0 saturated carbocycles. The van der Waals surface area contributed by atoms with Crippen molar-refractivity contribution in [1.82, 2.24) is 10.2 Å². The fraction of sp³-hybridized carbons (Fsp3) is 0.250. The van der Waals surface area contributed by atoms with Gasteiger partial charge in [-0.15, -0.1) is 0 Å². The second-order valence-electron chi connectivity index (χ2n) is 6.43. The highest BCUT2D eigenvalue weighted by Gasteiger charge is 2.21. The molecule has 2 aromatic rings. The molecule has 0 bridgehead atoms. The molecule has 2 N–H and O–H groups in total. The van der Waals surface area contributed by atoms with Crippen LogP contribution in [0.5, 0.6) is 0 Å². The molecule has 0 spiro atoms. The third-order valence-corrected chi connectivity index (χ3v) is 4.74. The van der Waals surface area contributed by atoms with E-state index in [-0.39, 0.29) is 16.6 Å². The van der Waals surface area contributed by atoms with E-state index in [9.17, 15) is 14.0 Å². The number of nitrogens with zero attached hydrogens (tertiary/aromatic N) is 2. The summed E-state index contributed by atoms with van der Waals surface area (Å²) in [7, 11) is 0. The molecule has 2 aromatic carbocycles. The van der Waals surface area contributed by atoms with Crippen molar-refractivity contribution in [1.29, 1.82) is 0 Å². The SMILES string of the molecule is CC(=O)N1CCN(c2ccccc2NC(=S)NC(=O)c2cccc(F)c2)CC1. The Bertz CT molecular complexity index is 897. The number of amides is 2. The van der Waals surface area contributed by atoms with Crippen LogP contribution in [0.2, 0.25) is 0 Å². The van der Waals surface area contributed by atoms with Crippen LogP contribution in [-0.4, -0.2) is 48.0 Å². The topological polar surface area (TPSA) is 64.7 Å². The number of rotatable bonds is 3. The van der Waals surface area contributed by atoms with Gasteiger partial charge in [-0.2, -0.15) is 0 Å². The molecule has 28 heavy (non-hydrogen) atoms. The second-order valence-corrected chi connectivity index (χ2v) is 6.84. The number of carbonyl (C=O) groups excluding carboxylic acids is 2. The molecule has 2 amide bonds. The lowest BCUT2D eigenvalue weighted by molar-refractivity contribution is -0.129. The number of hydrogen-bond acceptors (Lipinski definition) is 4. The number of thiocarbonyl (C=S) groups is 1. The minimum Gasteiger partial charge on any atom is -0.366 e. The summed E-state index contributed by atoms with van der Waals surface area (Å²) >= 11 is 5.25. The van der Waals surface area contributed by atoms with Crippen LogP contribution in [0.3, 0.4) is 0 Å². The lowest BCUT2D eigenvalue weighted by Crippen LogP contribution is -2.48. The van der Waals surface area contributed by atoms with Gasteiger partial charge in [-0.3, -0.25) is 14.9 Å². The van der Waals surface area contributed by atoms with Crippen LogP contribution < -0.4 is 15.5 Å². The van der Waals surface area contributed by atoms with Crippen molar-refractivity contribution in [3.8, 4) is 0 Å². The predicted molar refractivity (Wildman–Crippen MR) is 111 cm³/mol. The van der Waals surface area contributed by atoms with Crippen LogP contribution in [0.25, 0.3) is 0 Å². The summed E-state index contributed by atoms with van der Waals surface area (Å²) in [6, 6.07) is 13.0. The van der Waals surface area contributed by atoms with Gasteiger partial charge in [0.15, 0.2) is 5.11 Å². The summed E-state index contributed by atoms with van der Waals surface area (Å²) in [5, 5.41) is 5.74. The number of hydrogen-bond donors (Lipinski definition) is 2. The smallest absolute Gasteiger partial charge is 0.257 e. The molecule has 0 aromatic heterocycles. The zero-order valence-corrected chi connectivity index (χ0v) is 16.3. The van der Waals surface area contributed by atoms with Gasteiger partial charge in [0, 0.05) is 38.7 Å². The van der Waals surface area contributed by atoms with Gasteiger partial charge in [0.05, 0.1) is 11.4 Å². The molecular weight excluding hydrogens is 379 g/mol. The van der Waals surface area contributed by atoms with Crippen LogP contribution in [-0.2, 0) is 4.79 Å². The van der Waals surface area contributed by atoms with Crippen LogP contribution >= 0.6 is 12.2 Å². The van der Waals surface area contributed by atoms with E-state index in [0.717, 1.165) is 17.4 Å². The Kier molecular flexibility index (Phi) is 6.20. The molecule has 1 aliphatic rings. The van der Waals surface area contributed by atoms with Crippen LogP contribution in [0.1, 0.15) is 17.3 Å². The highest BCUT2D eigenvalue weighted by Crippen LogP contribution is 2.26. The molecule has 3 rings (SSSR count). The van der Waals surface area contributed by atoms with E-state index in [1.165, 1.54) is 18.2 Å². The molecule has 1 saturated heterocycles. The second kappa shape index (κ2) is 8.79. The van der Waals surface area contributed by atoms with E-state index >= 15 is 0 Å². The maximum Gasteiger partial charge on any atom is 0.257 e. The van der Waals surface area contributed by atoms with Crippen molar-refractivity contribution in [3.63, 3.8) is 0 Å². The summed E-state index contributed by atoms with van der Waals surface area (Å²) in [6.07, 6.45) is 0. The molecule has 146 valence electrons. The van der Waals surface area contributed by atoms with Crippen molar-refractivity contribution in [3.05, 3.63) is 59.9 Å². The maximum atomic E-state index is 13.3. The van der Waals surface area contributed by atoms with E-state index < -0.39 is 11.7 Å². The number of halogens is 1. The minimum absolute atomic E-state index is 0.0762. The van der Waals surface area contributed by atoms with Gasteiger partial charge < -0.3 is 15.1 Å². The van der Waals surface area contributed by atoms with Gasteiger partial charge in [-0.05, 0) is 42.5 Å². The number of benzene rings is 2. The van der Waals surface area contributed by atoms with Crippen LogP contribution in [0, 0.1) is 5.82 Å². The van der Waals surface area contributed by atoms with E-state index in [4.69, 9.17) is 12.2 Å². The van der Waals surface area contributed by atoms with Gasteiger partial charge in [-0.1, -0.05) is 18.2 Å². The molecule has 6 nitrogen and oxygen atoms in total. The Hall–Kier alpha value is -3.00. The number of nitrogens with one attached hydrogen (secondary N) is 2. The average molecular weight is 400 g/mol. The van der Waals surface area contributed by atoms with Gasteiger partial charge in [0.1, 0.15) is 5.82 Å². The van der Waals surface area contributed by atoms with E-state index in [0.29, 0.717) is 26.2 Å². The Labute approximate surface area is 168 Å². The Balaban J connectivity index is 1.65. The lowest BCUT2D eigenvalue weighted by Gasteiger charge is -2.36. The van der Waals surface area contributed by atoms with Gasteiger partial charge >= 0.3 is 0 Å². The number of carbonyl (C=O) groups is 2. The summed E-state index contributed by atoms with van der Waals surface area (Å²) in [6.45, 7) is 4.31. The highest BCUT2D eigenvalue weighted by atomic mass is 32.1. The monoisotopic (exact) mass is 400 g/mol. The molecule has 1 fully saturated rings. The first-order chi connectivity index (χ1) is 13.4. The summed E-state index contributed by atoms with van der Waals surface area (Å²) in [5.74, 6) is -0.890. The lowest BCUT2D eigenvalue weighted by atomic mass is 10.2. The molecule has 1 heterocycles. The van der Waals surface area contributed by atoms with Crippen LogP contribution in [0.15, 0.2) is 48.5 Å². The number of para-hydroxylation sites is 2. The highest BCUT2D eigenvalue weighted by molar-refractivity contribution is 7.80. The van der Waals surface area contributed by atoms with Crippen molar-refractivity contribution in [2.45, 2.75) is 6.92 Å². The number of piperazine rings is 1. The van der Waals surface area contributed by atoms with Crippen molar-refractivity contribution in [2.24, 2.45) is 0 Å². The molecule has 8 heteroatoms. The Morgan fingerprint density at radius 1 is 1.04 bits per heavy atom. The summed E-state index contributed by atoms with van der Waals surface area (Å²) in [4.78, 5) is 27.7. The zero-order valence-electron chi connectivity index (χ0n) is 15.4. The molecular formula is C20H21FN4O2S. The first-order valence-corrected chi connectivity index (χ1v) is 9.32. The van der Waals surface area contributed by atoms with Crippen LogP contribution in [0.4, 0.5) is 15.8 Å². The quantitative estimate of drug-likeness (QED) is 0.776. The first-order valence-electron chi connectivity index (χ1n) is 8.91. The molecule has 0 atom stereocenters. The summed E-state index contributed by atoms with van der Waals surface area (Å²) < 4.78 is 13.3. The normalized spacial score (nSPS) is 13.8. The maximum absolute atomic E-state index is 13.3. The van der Waals surface area contributed by atoms with Gasteiger partial charge in [0.25, 0.3) is 5.91 Å².